The molecule has 1 N–H and O–H groups in total. The Kier molecular flexibility index (Phi) is 6.48. The second-order valence-electron chi connectivity index (χ2n) is 6.03. The number of ether oxygens (including phenoxy) is 2. The smallest absolute Gasteiger partial charge is 0.341 e. The van der Waals surface area contributed by atoms with Crippen LogP contribution in [0.25, 0.3) is 10.4 Å². The number of nitrogens with zero attached hydrogens (tertiary/aromatic N) is 1. The molecule has 30 heavy (non-hydrogen) atoms. The molecular weight excluding hydrogens is 428 g/mol. The predicted molar refractivity (Wildman–Crippen MR) is 116 cm³/mol. The van der Waals surface area contributed by atoms with Crippen LogP contribution in [0.4, 0.5) is 10.7 Å². The minimum Gasteiger partial charge on any atom is -0.490 e. The molecule has 2 aromatic heterocycles. The lowest BCUT2D eigenvalue weighted by Crippen LogP contribution is -2.15. The molecule has 0 aliphatic rings. The molecule has 0 fully saturated rings. The molecule has 3 aromatic rings. The molecule has 1 aromatic carbocycles. The Bertz CT molecular complexity index is 1100. The van der Waals surface area contributed by atoms with Gasteiger partial charge in [0.2, 0.25) is 0 Å². The van der Waals surface area contributed by atoms with Crippen LogP contribution in [-0.2, 0) is 4.74 Å². The lowest BCUT2D eigenvalue weighted by atomic mass is 10.1. The summed E-state index contributed by atoms with van der Waals surface area (Å²) >= 11 is 2.72. The van der Waals surface area contributed by atoms with Crippen molar-refractivity contribution in [2.75, 3.05) is 19.0 Å². The minimum absolute atomic E-state index is 0.0516. The van der Waals surface area contributed by atoms with Gasteiger partial charge in [-0.1, -0.05) is 6.07 Å². The molecule has 2 heterocycles. The molecule has 0 radical (unpaired) electrons. The number of hydrogen-bond donors (Lipinski definition) is 1. The maximum atomic E-state index is 12.8. The highest BCUT2D eigenvalue weighted by molar-refractivity contribution is 7.18. The van der Waals surface area contributed by atoms with Crippen molar-refractivity contribution >= 4 is 45.2 Å². The Balaban J connectivity index is 2.01. The number of nitrogens with one attached hydrogen (secondary N) is 1. The third kappa shape index (κ3) is 4.19. The van der Waals surface area contributed by atoms with Crippen LogP contribution in [0.15, 0.2) is 35.7 Å². The van der Waals surface area contributed by atoms with E-state index < -0.39 is 16.8 Å². The first-order chi connectivity index (χ1) is 14.4. The van der Waals surface area contributed by atoms with Crippen molar-refractivity contribution in [1.29, 1.82) is 0 Å². The summed E-state index contributed by atoms with van der Waals surface area (Å²) in [4.78, 5) is 37.8. The molecule has 1 amide bonds. The molecule has 0 saturated heterocycles. The molecule has 0 bridgehead atoms. The minimum atomic E-state index is -0.621. The lowest BCUT2D eigenvalue weighted by molar-refractivity contribution is -0.385. The van der Waals surface area contributed by atoms with Gasteiger partial charge in [-0.15, -0.1) is 22.7 Å². The van der Waals surface area contributed by atoms with Gasteiger partial charge >= 0.3 is 11.7 Å². The Morgan fingerprint density at radius 3 is 2.63 bits per heavy atom. The Labute approximate surface area is 180 Å². The maximum absolute atomic E-state index is 12.8. The first-order valence-corrected chi connectivity index (χ1v) is 10.5. The number of nitro groups is 1. The second kappa shape index (κ2) is 9.06. The van der Waals surface area contributed by atoms with E-state index in [9.17, 15) is 19.7 Å². The number of carbonyl (C=O) groups excluding carboxylic acids is 2. The van der Waals surface area contributed by atoms with E-state index >= 15 is 0 Å². The van der Waals surface area contributed by atoms with Gasteiger partial charge in [0, 0.05) is 26.9 Å². The number of benzene rings is 1. The van der Waals surface area contributed by atoms with Crippen molar-refractivity contribution in [1.82, 2.24) is 0 Å². The largest absolute Gasteiger partial charge is 0.490 e. The van der Waals surface area contributed by atoms with Crippen molar-refractivity contribution in [3.63, 3.8) is 0 Å². The molecule has 156 valence electrons. The predicted octanol–water partition coefficient (Wildman–Crippen LogP) is 5.13. The van der Waals surface area contributed by atoms with Gasteiger partial charge in [-0.3, -0.25) is 14.9 Å². The topological polar surface area (TPSA) is 108 Å². The zero-order chi connectivity index (χ0) is 21.8. The molecule has 8 nitrogen and oxygen atoms in total. The first kappa shape index (κ1) is 21.5. The number of esters is 1. The van der Waals surface area contributed by atoms with E-state index in [1.165, 1.54) is 41.9 Å². The number of hydrogen-bond acceptors (Lipinski definition) is 8. The highest BCUT2D eigenvalue weighted by atomic mass is 32.1. The van der Waals surface area contributed by atoms with Crippen LogP contribution in [0.3, 0.4) is 0 Å². The summed E-state index contributed by atoms with van der Waals surface area (Å²) in [6.07, 6.45) is 0. The number of rotatable bonds is 7. The van der Waals surface area contributed by atoms with Crippen LogP contribution in [0.5, 0.6) is 5.75 Å². The highest BCUT2D eigenvalue weighted by Crippen LogP contribution is 2.42. The summed E-state index contributed by atoms with van der Waals surface area (Å²) in [5.41, 5.74) is 0.737. The quantitative estimate of drug-likeness (QED) is 0.306. The average molecular weight is 447 g/mol. The molecule has 0 aliphatic carbocycles. The number of amides is 1. The van der Waals surface area contributed by atoms with Crippen molar-refractivity contribution < 1.29 is 24.0 Å². The van der Waals surface area contributed by atoms with Gasteiger partial charge in [0.15, 0.2) is 5.75 Å². The zero-order valence-electron chi connectivity index (χ0n) is 16.4. The van der Waals surface area contributed by atoms with Crippen molar-refractivity contribution in [2.45, 2.75) is 13.8 Å². The van der Waals surface area contributed by atoms with E-state index in [0.29, 0.717) is 10.6 Å². The van der Waals surface area contributed by atoms with E-state index in [1.54, 1.807) is 6.92 Å². The average Bonchev–Trinajstić information content (AvgIpc) is 3.34. The van der Waals surface area contributed by atoms with E-state index in [-0.39, 0.29) is 29.2 Å². The summed E-state index contributed by atoms with van der Waals surface area (Å²) in [6.45, 7) is 3.75. The number of anilines is 1. The highest BCUT2D eigenvalue weighted by Gasteiger charge is 2.27. The van der Waals surface area contributed by atoms with Gasteiger partial charge < -0.3 is 14.8 Å². The van der Waals surface area contributed by atoms with Crippen LogP contribution < -0.4 is 10.1 Å². The van der Waals surface area contributed by atoms with Crippen molar-refractivity contribution in [3.8, 4) is 16.2 Å². The maximum Gasteiger partial charge on any atom is 0.341 e. The summed E-state index contributed by atoms with van der Waals surface area (Å²) in [7, 11) is 1.31. The van der Waals surface area contributed by atoms with Crippen LogP contribution in [0.2, 0.25) is 0 Å². The van der Waals surface area contributed by atoms with E-state index in [1.807, 2.05) is 24.4 Å². The van der Waals surface area contributed by atoms with Gasteiger partial charge in [-0.2, -0.15) is 0 Å². The zero-order valence-corrected chi connectivity index (χ0v) is 18.0. The van der Waals surface area contributed by atoms with Gasteiger partial charge in [0.05, 0.1) is 18.6 Å². The number of thiophene rings is 2. The number of nitro benzene ring substituents is 1. The molecule has 0 saturated carbocycles. The Morgan fingerprint density at radius 1 is 1.27 bits per heavy atom. The Hall–Kier alpha value is -3.24. The normalized spacial score (nSPS) is 10.5. The van der Waals surface area contributed by atoms with Gasteiger partial charge in [0.1, 0.15) is 10.6 Å². The molecule has 3 rings (SSSR count). The van der Waals surface area contributed by atoms with Crippen LogP contribution in [0, 0.1) is 17.0 Å². The number of methoxy groups -OCH3 is 1. The molecule has 0 aliphatic heterocycles. The number of carbonyl (C=O) groups is 2. The molecule has 0 unspecified atom stereocenters. The second-order valence-corrected chi connectivity index (χ2v) is 8.21. The fraction of sp³-hybridized carbons (Fsp3) is 0.200. The Morgan fingerprint density at radius 2 is 2.03 bits per heavy atom. The van der Waals surface area contributed by atoms with Crippen molar-refractivity contribution in [3.05, 3.63) is 61.8 Å². The van der Waals surface area contributed by atoms with Gasteiger partial charge in [-0.25, -0.2) is 4.79 Å². The fourth-order valence-corrected chi connectivity index (χ4v) is 4.85. The third-order valence-electron chi connectivity index (χ3n) is 4.20. The lowest BCUT2D eigenvalue weighted by Gasteiger charge is -2.09. The molecule has 0 atom stereocenters. The summed E-state index contributed by atoms with van der Waals surface area (Å²) < 4.78 is 10.2. The monoisotopic (exact) mass is 446 g/mol. The summed E-state index contributed by atoms with van der Waals surface area (Å²) in [5, 5.41) is 16.2. The molecule has 10 heteroatoms. The first-order valence-electron chi connectivity index (χ1n) is 8.85. The van der Waals surface area contributed by atoms with E-state index in [0.717, 1.165) is 15.8 Å². The molecule has 0 spiro atoms. The van der Waals surface area contributed by atoms with Crippen molar-refractivity contribution in [2.24, 2.45) is 0 Å². The van der Waals surface area contributed by atoms with Crippen LogP contribution in [0.1, 0.15) is 32.5 Å². The third-order valence-corrected chi connectivity index (χ3v) is 6.10. The SMILES string of the molecule is CCOC(=O)c1c(NC(=O)c2ccc(OC)c([N+](=O)[O-])c2)sc(C)c1-c1cccs1. The van der Waals surface area contributed by atoms with Crippen LogP contribution in [-0.4, -0.2) is 30.5 Å². The van der Waals surface area contributed by atoms with Crippen LogP contribution >= 0.6 is 22.7 Å². The van der Waals surface area contributed by atoms with Gasteiger partial charge in [-0.05, 0) is 37.4 Å². The fourth-order valence-electron chi connectivity index (χ4n) is 2.90. The standard InChI is InChI=1S/C20H18N2O6S2/c1-4-28-20(24)17-16(15-6-5-9-29-15)11(2)30-19(17)21-18(23)12-7-8-14(27-3)13(10-12)22(25)26/h5-10H,4H2,1-3H3,(H,21,23). The summed E-state index contributed by atoms with van der Waals surface area (Å²) in [6, 6.07) is 7.68. The van der Waals surface area contributed by atoms with E-state index in [2.05, 4.69) is 5.32 Å². The number of aryl methyl sites for hydroxylation is 1. The summed E-state index contributed by atoms with van der Waals surface area (Å²) in [5.74, 6) is -1.07. The van der Waals surface area contributed by atoms with Gasteiger partial charge in [0.25, 0.3) is 5.91 Å². The molecular formula is C20H18N2O6S2. The van der Waals surface area contributed by atoms with E-state index in [4.69, 9.17) is 9.47 Å².